The molecule has 0 bridgehead atoms. The summed E-state index contributed by atoms with van der Waals surface area (Å²) in [5.41, 5.74) is 0.858. The molecule has 1 amide bonds. The van der Waals surface area contributed by atoms with Gasteiger partial charge >= 0.3 is 6.18 Å². The molecule has 68 heavy (non-hydrogen) atoms. The number of methoxy groups -OCH3 is 1. The molecule has 4 rings (SSSR count). The van der Waals surface area contributed by atoms with Gasteiger partial charge in [-0.15, -0.1) is 0 Å². The Morgan fingerprint density at radius 1 is 0.500 bits per heavy atom. The fourth-order valence-electron chi connectivity index (χ4n) is 6.73. The number of anilines is 2. The second-order valence-electron chi connectivity index (χ2n) is 15.3. The monoisotopic (exact) mass is 993 g/mol. The molecule has 0 saturated carbocycles. The molecule has 2 heterocycles. The van der Waals surface area contributed by atoms with Crippen LogP contribution in [0, 0.1) is 0 Å². The minimum atomic E-state index is -4.41. The number of amides is 1. The van der Waals surface area contributed by atoms with Crippen molar-refractivity contribution in [2.45, 2.75) is 22.4 Å². The summed E-state index contributed by atoms with van der Waals surface area (Å²) in [6.07, 6.45) is -3.65. The van der Waals surface area contributed by atoms with Gasteiger partial charge in [-0.2, -0.15) is 13.2 Å². The number of fused-ring (bicyclic) bond motifs is 2. The van der Waals surface area contributed by atoms with Crippen molar-refractivity contribution in [2.75, 3.05) is 216 Å². The molecule has 2 aliphatic heterocycles. The van der Waals surface area contributed by atoms with E-state index in [-0.39, 0.29) is 12.5 Å². The molecule has 0 N–H and O–H groups in total. The zero-order chi connectivity index (χ0) is 48.2. The van der Waals surface area contributed by atoms with Crippen molar-refractivity contribution < 1.29 is 79.5 Å². The SMILES string of the molecule is COCCOCCOCCOCCOCCOCCOCCOCCOCCOCCOCCOCCOCC(=O)N1CCN(CCCN2c3ccccc3Sc3ccc(C(F)(F)F)cc32)CC1. The maximum absolute atomic E-state index is 13.6. The smallest absolute Gasteiger partial charge is 0.382 e. The molecule has 2 aliphatic rings. The minimum absolute atomic E-state index is 0.00588. The number of rotatable bonds is 42. The van der Waals surface area contributed by atoms with Gasteiger partial charge in [-0.05, 0) is 43.3 Å². The highest BCUT2D eigenvalue weighted by Crippen LogP contribution is 2.49. The number of carbonyl (C=O) groups excluding carboxylic acids is 1. The van der Waals surface area contributed by atoms with E-state index in [1.165, 1.54) is 17.8 Å². The van der Waals surface area contributed by atoms with Crippen molar-refractivity contribution in [3.63, 3.8) is 0 Å². The molecule has 0 unspecified atom stereocenters. The Hall–Kier alpha value is -2.71. The zero-order valence-corrected chi connectivity index (χ0v) is 40.6. The number of benzene rings is 2. The number of halogens is 3. The first-order valence-electron chi connectivity index (χ1n) is 23.5. The third-order valence-electron chi connectivity index (χ3n) is 10.3. The van der Waals surface area contributed by atoms with E-state index in [4.69, 9.17) is 61.6 Å². The van der Waals surface area contributed by atoms with Crippen LogP contribution < -0.4 is 4.90 Å². The highest BCUT2D eigenvalue weighted by Gasteiger charge is 2.33. The first kappa shape index (κ1) is 57.9. The Labute approximate surface area is 404 Å². The normalized spacial score (nSPS) is 14.2. The Morgan fingerprint density at radius 2 is 0.897 bits per heavy atom. The van der Waals surface area contributed by atoms with E-state index in [1.54, 1.807) is 13.2 Å². The fourth-order valence-corrected chi connectivity index (χ4v) is 7.81. The molecular weight excluding hydrogens is 920 g/mol. The van der Waals surface area contributed by atoms with E-state index >= 15 is 0 Å². The van der Waals surface area contributed by atoms with Gasteiger partial charge in [0.1, 0.15) is 6.61 Å². The number of alkyl halides is 3. The van der Waals surface area contributed by atoms with Crippen LogP contribution in [0.1, 0.15) is 12.0 Å². The standard InChI is InChI=1S/C47H74F3N3O14S/c1-55-15-16-56-17-18-57-19-20-58-21-22-59-23-24-60-25-26-61-27-28-62-29-30-63-31-32-64-33-34-65-35-36-66-37-38-67-40-46(54)52-13-11-51(12-14-52)9-4-10-53-42-5-2-3-6-44(42)68-45-8-7-41(39-43(45)53)47(48,49)50/h2-3,5-8,39H,4,9-38,40H2,1H3. The number of hydrogen-bond donors (Lipinski definition) is 0. The summed E-state index contributed by atoms with van der Waals surface area (Å²) in [6, 6.07) is 11.8. The lowest BCUT2D eigenvalue weighted by Crippen LogP contribution is -2.50. The van der Waals surface area contributed by atoms with E-state index in [0.717, 1.165) is 47.6 Å². The highest BCUT2D eigenvalue weighted by atomic mass is 32.2. The van der Waals surface area contributed by atoms with Gasteiger partial charge in [0.15, 0.2) is 0 Å². The summed E-state index contributed by atoms with van der Waals surface area (Å²) in [5.74, 6) is -0.0570. The second kappa shape index (κ2) is 37.1. The lowest BCUT2D eigenvalue weighted by Gasteiger charge is -2.36. The van der Waals surface area contributed by atoms with E-state index in [1.807, 2.05) is 34.1 Å². The van der Waals surface area contributed by atoms with E-state index < -0.39 is 11.7 Å². The Morgan fingerprint density at radius 3 is 1.32 bits per heavy atom. The van der Waals surface area contributed by atoms with Crippen molar-refractivity contribution in [3.8, 4) is 0 Å². The molecule has 1 fully saturated rings. The maximum atomic E-state index is 13.6. The van der Waals surface area contributed by atoms with Crippen LogP contribution in [0.4, 0.5) is 24.5 Å². The van der Waals surface area contributed by atoms with Crippen LogP contribution in [0.15, 0.2) is 52.3 Å². The van der Waals surface area contributed by atoms with Crippen LogP contribution in [0.25, 0.3) is 0 Å². The molecule has 17 nitrogen and oxygen atoms in total. The lowest BCUT2D eigenvalue weighted by atomic mass is 10.1. The Kier molecular flexibility index (Phi) is 31.6. The predicted molar refractivity (Wildman–Crippen MR) is 248 cm³/mol. The molecule has 0 atom stereocenters. The van der Waals surface area contributed by atoms with Crippen LogP contribution >= 0.6 is 11.8 Å². The van der Waals surface area contributed by atoms with Crippen molar-refractivity contribution in [1.82, 2.24) is 9.80 Å². The topological polar surface area (TPSA) is 147 Å². The van der Waals surface area contributed by atoms with E-state index in [2.05, 4.69) is 4.90 Å². The second-order valence-corrected chi connectivity index (χ2v) is 16.3. The average Bonchev–Trinajstić information content (AvgIpc) is 3.34. The maximum Gasteiger partial charge on any atom is 0.416 e. The number of hydrogen-bond acceptors (Lipinski definition) is 17. The molecule has 388 valence electrons. The Bertz CT molecular complexity index is 1580. The number of nitrogens with zero attached hydrogens (tertiary/aromatic N) is 3. The number of carbonyl (C=O) groups is 1. The van der Waals surface area contributed by atoms with Crippen molar-refractivity contribution in [1.29, 1.82) is 0 Å². The van der Waals surface area contributed by atoms with Gasteiger partial charge in [-0.3, -0.25) is 9.69 Å². The van der Waals surface area contributed by atoms with Gasteiger partial charge in [0, 0.05) is 49.6 Å². The molecule has 0 aliphatic carbocycles. The van der Waals surface area contributed by atoms with Gasteiger partial charge in [-0.1, -0.05) is 23.9 Å². The molecule has 0 spiro atoms. The third-order valence-corrected chi connectivity index (χ3v) is 11.4. The molecule has 0 aromatic heterocycles. The van der Waals surface area contributed by atoms with Crippen LogP contribution in [-0.2, 0) is 72.6 Å². The summed E-state index contributed by atoms with van der Waals surface area (Å²) in [4.78, 5) is 20.7. The fraction of sp³-hybridized carbons (Fsp3) is 0.723. The van der Waals surface area contributed by atoms with Gasteiger partial charge in [-0.25, -0.2) is 0 Å². The van der Waals surface area contributed by atoms with Gasteiger partial charge in [0.05, 0.1) is 176 Å². The van der Waals surface area contributed by atoms with Gasteiger partial charge < -0.3 is 71.4 Å². The molecule has 1 saturated heterocycles. The number of piperazine rings is 1. The van der Waals surface area contributed by atoms with Crippen LogP contribution in [0.5, 0.6) is 0 Å². The molecular formula is C47H74F3N3O14S. The van der Waals surface area contributed by atoms with Gasteiger partial charge in [0.2, 0.25) is 5.91 Å². The highest BCUT2D eigenvalue weighted by molar-refractivity contribution is 7.99. The quantitative estimate of drug-likeness (QED) is 0.0848. The van der Waals surface area contributed by atoms with Crippen LogP contribution in [-0.4, -0.2) is 227 Å². The average molecular weight is 994 g/mol. The molecule has 0 radical (unpaired) electrons. The largest absolute Gasteiger partial charge is 0.416 e. The lowest BCUT2D eigenvalue weighted by molar-refractivity contribution is -0.138. The van der Waals surface area contributed by atoms with Gasteiger partial charge in [0.25, 0.3) is 0 Å². The number of ether oxygens (including phenoxy) is 13. The zero-order valence-electron chi connectivity index (χ0n) is 39.8. The molecule has 2 aromatic rings. The van der Waals surface area contributed by atoms with E-state index in [0.29, 0.717) is 184 Å². The first-order valence-corrected chi connectivity index (χ1v) is 24.4. The summed E-state index contributed by atoms with van der Waals surface area (Å²) in [5, 5.41) is 0. The Balaban J connectivity index is 0.832. The molecule has 21 heteroatoms. The summed E-state index contributed by atoms with van der Waals surface area (Å²) >= 11 is 1.49. The predicted octanol–water partition coefficient (Wildman–Crippen LogP) is 4.69. The van der Waals surface area contributed by atoms with Crippen molar-refractivity contribution in [2.24, 2.45) is 0 Å². The van der Waals surface area contributed by atoms with Crippen molar-refractivity contribution in [3.05, 3.63) is 48.0 Å². The van der Waals surface area contributed by atoms with Crippen LogP contribution in [0.3, 0.4) is 0 Å². The minimum Gasteiger partial charge on any atom is -0.382 e. The van der Waals surface area contributed by atoms with Crippen molar-refractivity contribution >= 4 is 29.0 Å². The van der Waals surface area contributed by atoms with Crippen LogP contribution in [0.2, 0.25) is 0 Å². The molecule has 2 aromatic carbocycles. The number of para-hydroxylation sites is 1. The summed E-state index contributed by atoms with van der Waals surface area (Å²) < 4.78 is 111. The van der Waals surface area contributed by atoms with E-state index in [9.17, 15) is 18.0 Å². The first-order chi connectivity index (χ1) is 33.4. The summed E-state index contributed by atoms with van der Waals surface area (Å²) in [6.45, 7) is 15.4. The summed E-state index contributed by atoms with van der Waals surface area (Å²) in [7, 11) is 1.64. The third kappa shape index (κ3) is 25.4.